The van der Waals surface area contributed by atoms with Crippen molar-refractivity contribution in [3.8, 4) is 5.75 Å². The molecule has 0 radical (unpaired) electrons. The van der Waals surface area contributed by atoms with Crippen molar-refractivity contribution in [2.24, 2.45) is 7.05 Å². The number of aryl methyl sites for hydroxylation is 2. The normalized spacial score (nSPS) is 14.0. The largest absolute Gasteiger partial charge is 0.496 e. The first-order chi connectivity index (χ1) is 9.90. The molecule has 2 rings (SSSR count). The maximum absolute atomic E-state index is 10.9. The first kappa shape index (κ1) is 15.9. The fourth-order valence-electron chi connectivity index (χ4n) is 2.52. The predicted molar refractivity (Wildman–Crippen MR) is 83.9 cm³/mol. The van der Waals surface area contributed by atoms with Gasteiger partial charge in [0.15, 0.2) is 0 Å². The molecule has 0 aliphatic rings. The summed E-state index contributed by atoms with van der Waals surface area (Å²) in [6, 6.07) is 7.47. The van der Waals surface area contributed by atoms with Crippen molar-refractivity contribution in [1.29, 1.82) is 0 Å². The average Bonchev–Trinajstić information content (AvgIpc) is 2.74. The van der Waals surface area contributed by atoms with E-state index in [-0.39, 0.29) is 0 Å². The van der Waals surface area contributed by atoms with Crippen molar-refractivity contribution in [3.05, 3.63) is 46.2 Å². The number of hydrogen-bond donors (Lipinski definition) is 1. The van der Waals surface area contributed by atoms with Crippen LogP contribution < -0.4 is 4.74 Å². The van der Waals surface area contributed by atoms with Crippen LogP contribution >= 0.6 is 11.6 Å². The van der Waals surface area contributed by atoms with E-state index in [9.17, 15) is 5.11 Å². The lowest BCUT2D eigenvalue weighted by Crippen LogP contribution is -2.26. The molecule has 0 fully saturated rings. The third kappa shape index (κ3) is 3.06. The number of halogens is 1. The number of ether oxygens (including phenoxy) is 1. The zero-order valence-corrected chi connectivity index (χ0v) is 13.6. The zero-order valence-electron chi connectivity index (χ0n) is 12.9. The fraction of sp³-hybridized carbons (Fsp3) is 0.438. The van der Waals surface area contributed by atoms with Crippen LogP contribution in [0.4, 0.5) is 0 Å². The van der Waals surface area contributed by atoms with Crippen LogP contribution in [-0.4, -0.2) is 22.0 Å². The van der Waals surface area contributed by atoms with Crippen molar-refractivity contribution >= 4 is 11.6 Å². The summed E-state index contributed by atoms with van der Waals surface area (Å²) < 4.78 is 7.08. The van der Waals surface area contributed by atoms with Gasteiger partial charge >= 0.3 is 0 Å². The van der Waals surface area contributed by atoms with E-state index in [1.807, 2.05) is 38.2 Å². The molecule has 0 spiro atoms. The van der Waals surface area contributed by atoms with E-state index in [0.29, 0.717) is 17.2 Å². The summed E-state index contributed by atoms with van der Waals surface area (Å²) in [7, 11) is 3.44. The monoisotopic (exact) mass is 308 g/mol. The van der Waals surface area contributed by atoms with Crippen LogP contribution in [0.2, 0.25) is 5.02 Å². The molecule has 1 heterocycles. The molecule has 1 aromatic heterocycles. The van der Waals surface area contributed by atoms with E-state index in [1.165, 1.54) is 0 Å². The summed E-state index contributed by atoms with van der Waals surface area (Å²) in [5, 5.41) is 15.9. The third-order valence-corrected chi connectivity index (χ3v) is 4.14. The van der Waals surface area contributed by atoms with Crippen LogP contribution in [0.25, 0.3) is 0 Å². The molecule has 0 aliphatic heterocycles. The van der Waals surface area contributed by atoms with Crippen molar-refractivity contribution < 1.29 is 9.84 Å². The quantitative estimate of drug-likeness (QED) is 0.923. The van der Waals surface area contributed by atoms with Crippen molar-refractivity contribution in [1.82, 2.24) is 9.78 Å². The Bertz CT molecular complexity index is 635. The average molecular weight is 309 g/mol. The summed E-state index contributed by atoms with van der Waals surface area (Å²) in [4.78, 5) is 0. The summed E-state index contributed by atoms with van der Waals surface area (Å²) >= 11 is 6.37. The maximum Gasteiger partial charge on any atom is 0.124 e. The highest BCUT2D eigenvalue weighted by Crippen LogP contribution is 2.34. The van der Waals surface area contributed by atoms with Gasteiger partial charge in [-0.1, -0.05) is 36.7 Å². The lowest BCUT2D eigenvalue weighted by molar-refractivity contribution is 0.0530. The summed E-state index contributed by atoms with van der Waals surface area (Å²) in [6.45, 7) is 3.77. The van der Waals surface area contributed by atoms with Gasteiger partial charge in [0.2, 0.25) is 0 Å². The minimum atomic E-state index is -1.09. The van der Waals surface area contributed by atoms with Crippen LogP contribution in [0.15, 0.2) is 24.3 Å². The number of aliphatic hydroxyl groups is 1. The van der Waals surface area contributed by atoms with Gasteiger partial charge in [-0.25, -0.2) is 0 Å². The number of benzene rings is 1. The second-order valence-corrected chi connectivity index (χ2v) is 5.71. The molecular formula is C16H21ClN2O2. The van der Waals surface area contributed by atoms with Crippen LogP contribution in [0.5, 0.6) is 5.75 Å². The minimum Gasteiger partial charge on any atom is -0.496 e. The number of rotatable bonds is 5. The molecule has 1 atom stereocenters. The molecule has 21 heavy (non-hydrogen) atoms. The Morgan fingerprint density at radius 3 is 2.62 bits per heavy atom. The van der Waals surface area contributed by atoms with Gasteiger partial charge in [0.25, 0.3) is 0 Å². The predicted octanol–water partition coefficient (Wildman–Crippen LogP) is 3.09. The number of methoxy groups -OCH3 is 1. The Hall–Kier alpha value is -1.52. The number of nitrogens with zero attached hydrogens (tertiary/aromatic N) is 2. The standard InChI is InChI=1S/C16H21ClN2O2/c1-5-12-15(17)13(19(3)18-12)10-16(2,20)11-8-6-7-9-14(11)21-4/h6-9,20H,5,10H2,1-4H3. The highest BCUT2D eigenvalue weighted by atomic mass is 35.5. The Morgan fingerprint density at radius 2 is 2.05 bits per heavy atom. The second kappa shape index (κ2) is 6.08. The SMILES string of the molecule is CCc1nn(C)c(CC(C)(O)c2ccccc2OC)c1Cl. The summed E-state index contributed by atoms with van der Waals surface area (Å²) in [6.07, 6.45) is 1.14. The van der Waals surface area contributed by atoms with E-state index in [0.717, 1.165) is 23.4 Å². The van der Waals surface area contributed by atoms with Gasteiger partial charge in [-0.3, -0.25) is 4.68 Å². The molecule has 5 heteroatoms. The molecule has 0 saturated carbocycles. The maximum atomic E-state index is 10.9. The number of hydrogen-bond acceptors (Lipinski definition) is 3. The molecule has 1 unspecified atom stereocenters. The van der Waals surface area contributed by atoms with Crippen molar-refractivity contribution in [3.63, 3.8) is 0 Å². The number of para-hydroxylation sites is 1. The molecule has 1 N–H and O–H groups in total. The highest BCUT2D eigenvalue weighted by Gasteiger charge is 2.30. The summed E-state index contributed by atoms with van der Waals surface area (Å²) in [5.41, 5.74) is 1.33. The first-order valence-corrected chi connectivity index (χ1v) is 7.34. The zero-order chi connectivity index (χ0) is 15.6. The van der Waals surface area contributed by atoms with Crippen LogP contribution in [0.1, 0.15) is 30.8 Å². The molecule has 114 valence electrons. The van der Waals surface area contributed by atoms with Gasteiger partial charge in [-0.2, -0.15) is 5.10 Å². The van der Waals surface area contributed by atoms with Crippen LogP contribution in [0.3, 0.4) is 0 Å². The van der Waals surface area contributed by atoms with Gasteiger partial charge in [0.1, 0.15) is 5.75 Å². The van der Waals surface area contributed by atoms with Crippen molar-refractivity contribution in [2.75, 3.05) is 7.11 Å². The summed E-state index contributed by atoms with van der Waals surface area (Å²) in [5.74, 6) is 0.663. The topological polar surface area (TPSA) is 47.3 Å². The minimum absolute atomic E-state index is 0.371. The Labute approximate surface area is 130 Å². The smallest absolute Gasteiger partial charge is 0.124 e. The van der Waals surface area contributed by atoms with Gasteiger partial charge in [0.05, 0.1) is 29.1 Å². The van der Waals surface area contributed by atoms with Crippen molar-refractivity contribution in [2.45, 2.75) is 32.3 Å². The third-order valence-electron chi connectivity index (χ3n) is 3.70. The van der Waals surface area contributed by atoms with Crippen LogP contribution in [0, 0.1) is 0 Å². The fourth-order valence-corrected chi connectivity index (χ4v) is 2.88. The Morgan fingerprint density at radius 1 is 1.38 bits per heavy atom. The van der Waals surface area contributed by atoms with E-state index in [1.54, 1.807) is 18.7 Å². The first-order valence-electron chi connectivity index (χ1n) is 6.96. The van der Waals surface area contributed by atoms with Gasteiger partial charge in [0, 0.05) is 19.0 Å². The van der Waals surface area contributed by atoms with Gasteiger partial charge < -0.3 is 9.84 Å². The number of aromatic nitrogens is 2. The molecular weight excluding hydrogens is 288 g/mol. The molecule has 4 nitrogen and oxygen atoms in total. The second-order valence-electron chi connectivity index (χ2n) is 5.34. The lowest BCUT2D eigenvalue weighted by atomic mass is 9.90. The molecule has 0 amide bonds. The molecule has 0 saturated heterocycles. The van der Waals surface area contributed by atoms with Crippen LogP contribution in [-0.2, 0) is 25.5 Å². The van der Waals surface area contributed by atoms with E-state index in [4.69, 9.17) is 16.3 Å². The molecule has 0 aliphatic carbocycles. The van der Waals surface area contributed by atoms with E-state index < -0.39 is 5.60 Å². The lowest BCUT2D eigenvalue weighted by Gasteiger charge is -2.26. The van der Waals surface area contributed by atoms with E-state index in [2.05, 4.69) is 5.10 Å². The molecule has 1 aromatic carbocycles. The molecule has 0 bridgehead atoms. The molecule has 2 aromatic rings. The highest BCUT2D eigenvalue weighted by molar-refractivity contribution is 6.31. The Kier molecular flexibility index (Phi) is 4.59. The van der Waals surface area contributed by atoms with E-state index >= 15 is 0 Å². The van der Waals surface area contributed by atoms with Gasteiger partial charge in [-0.05, 0) is 19.4 Å². The van der Waals surface area contributed by atoms with Gasteiger partial charge in [-0.15, -0.1) is 0 Å². The Balaban J connectivity index is 2.40.